The van der Waals surface area contributed by atoms with E-state index in [1.54, 1.807) is 12.1 Å². The predicted molar refractivity (Wildman–Crippen MR) is 71.6 cm³/mol. The summed E-state index contributed by atoms with van der Waals surface area (Å²) in [7, 11) is 1.92. The molecule has 0 heterocycles. The lowest BCUT2D eigenvalue weighted by Gasteiger charge is -2.07. The Morgan fingerprint density at radius 3 is 2.50 bits per heavy atom. The van der Waals surface area contributed by atoms with Crippen molar-refractivity contribution in [1.82, 2.24) is 5.32 Å². The van der Waals surface area contributed by atoms with Gasteiger partial charge in [0.1, 0.15) is 18.1 Å². The van der Waals surface area contributed by atoms with E-state index in [1.165, 1.54) is 5.56 Å². The summed E-state index contributed by atoms with van der Waals surface area (Å²) in [4.78, 5) is 0. The van der Waals surface area contributed by atoms with Crippen molar-refractivity contribution >= 4 is 0 Å². The first-order valence-corrected chi connectivity index (χ1v) is 5.92. The smallest absolute Gasteiger partial charge is 0.119 e. The minimum atomic E-state index is 0.264. The van der Waals surface area contributed by atoms with Gasteiger partial charge < -0.3 is 15.2 Å². The molecule has 2 aromatic rings. The van der Waals surface area contributed by atoms with Gasteiger partial charge in [0.25, 0.3) is 0 Å². The molecule has 0 saturated heterocycles. The molecular formula is C15H17NO2. The van der Waals surface area contributed by atoms with Crippen LogP contribution in [0.5, 0.6) is 11.5 Å². The number of aromatic hydroxyl groups is 1. The monoisotopic (exact) mass is 243 g/mol. The van der Waals surface area contributed by atoms with Gasteiger partial charge in [-0.2, -0.15) is 0 Å². The summed E-state index contributed by atoms with van der Waals surface area (Å²) in [5, 5.41) is 12.4. The van der Waals surface area contributed by atoms with Gasteiger partial charge in [0.05, 0.1) is 0 Å². The standard InChI is InChI=1S/C15H17NO2/c1-16-10-12-5-7-15(8-6-12)18-11-13-3-2-4-14(17)9-13/h2-9,16-17H,10-11H2,1H3. The van der Waals surface area contributed by atoms with Gasteiger partial charge in [-0.1, -0.05) is 24.3 Å². The molecule has 3 heteroatoms. The summed E-state index contributed by atoms with van der Waals surface area (Å²) in [5.41, 5.74) is 2.18. The molecule has 3 nitrogen and oxygen atoms in total. The van der Waals surface area contributed by atoms with E-state index in [2.05, 4.69) is 5.32 Å². The molecule has 0 aliphatic heterocycles. The molecule has 0 spiro atoms. The zero-order valence-corrected chi connectivity index (χ0v) is 10.4. The summed E-state index contributed by atoms with van der Waals surface area (Å²) in [6.45, 7) is 1.31. The number of hydrogen-bond donors (Lipinski definition) is 2. The van der Waals surface area contributed by atoms with E-state index in [1.807, 2.05) is 43.4 Å². The van der Waals surface area contributed by atoms with Crippen molar-refractivity contribution < 1.29 is 9.84 Å². The molecule has 0 atom stereocenters. The fraction of sp³-hybridized carbons (Fsp3) is 0.200. The molecule has 0 fully saturated rings. The second kappa shape index (κ2) is 6.07. The number of hydrogen-bond acceptors (Lipinski definition) is 3. The lowest BCUT2D eigenvalue weighted by atomic mass is 10.2. The van der Waals surface area contributed by atoms with Gasteiger partial charge in [0.15, 0.2) is 0 Å². The molecule has 2 aromatic carbocycles. The highest BCUT2D eigenvalue weighted by molar-refractivity contribution is 5.29. The second-order valence-corrected chi connectivity index (χ2v) is 4.13. The van der Waals surface area contributed by atoms with Gasteiger partial charge in [-0.25, -0.2) is 0 Å². The molecule has 0 unspecified atom stereocenters. The number of nitrogens with one attached hydrogen (secondary N) is 1. The van der Waals surface area contributed by atoms with Crippen molar-refractivity contribution in [3.8, 4) is 11.5 Å². The van der Waals surface area contributed by atoms with E-state index < -0.39 is 0 Å². The highest BCUT2D eigenvalue weighted by Crippen LogP contribution is 2.16. The molecule has 0 amide bonds. The van der Waals surface area contributed by atoms with Crippen LogP contribution >= 0.6 is 0 Å². The van der Waals surface area contributed by atoms with Crippen LogP contribution in [0.15, 0.2) is 48.5 Å². The minimum Gasteiger partial charge on any atom is -0.508 e. The van der Waals surface area contributed by atoms with E-state index in [-0.39, 0.29) is 5.75 Å². The quantitative estimate of drug-likeness (QED) is 0.848. The average Bonchev–Trinajstić information content (AvgIpc) is 2.38. The first-order chi connectivity index (χ1) is 8.78. The van der Waals surface area contributed by atoms with Gasteiger partial charge in [-0.05, 0) is 42.4 Å². The van der Waals surface area contributed by atoms with Gasteiger partial charge in [0, 0.05) is 6.54 Å². The Hall–Kier alpha value is -2.00. The third kappa shape index (κ3) is 3.50. The number of rotatable bonds is 5. The Balaban J connectivity index is 1.93. The van der Waals surface area contributed by atoms with Crippen LogP contribution in [0.3, 0.4) is 0 Å². The van der Waals surface area contributed by atoms with Crippen LogP contribution in [0.1, 0.15) is 11.1 Å². The Morgan fingerprint density at radius 2 is 1.83 bits per heavy atom. The minimum absolute atomic E-state index is 0.264. The lowest BCUT2D eigenvalue weighted by molar-refractivity contribution is 0.305. The topological polar surface area (TPSA) is 41.5 Å². The van der Waals surface area contributed by atoms with E-state index in [4.69, 9.17) is 4.74 Å². The first kappa shape index (κ1) is 12.5. The average molecular weight is 243 g/mol. The highest BCUT2D eigenvalue weighted by atomic mass is 16.5. The zero-order valence-electron chi connectivity index (χ0n) is 10.4. The molecule has 94 valence electrons. The molecule has 18 heavy (non-hydrogen) atoms. The van der Waals surface area contributed by atoms with Crippen molar-refractivity contribution in [3.05, 3.63) is 59.7 Å². The predicted octanol–water partition coefficient (Wildman–Crippen LogP) is 2.69. The van der Waals surface area contributed by atoms with Crippen molar-refractivity contribution in [2.24, 2.45) is 0 Å². The van der Waals surface area contributed by atoms with Crippen LogP contribution in [0.25, 0.3) is 0 Å². The number of phenolic OH excluding ortho intramolecular Hbond substituents is 1. The van der Waals surface area contributed by atoms with E-state index >= 15 is 0 Å². The Kier molecular flexibility index (Phi) is 4.20. The van der Waals surface area contributed by atoms with Crippen LogP contribution in [0, 0.1) is 0 Å². The Bertz CT molecular complexity index is 494. The van der Waals surface area contributed by atoms with Gasteiger partial charge >= 0.3 is 0 Å². The Morgan fingerprint density at radius 1 is 1.06 bits per heavy atom. The molecule has 0 aliphatic rings. The largest absolute Gasteiger partial charge is 0.508 e. The van der Waals surface area contributed by atoms with E-state index in [0.29, 0.717) is 6.61 Å². The SMILES string of the molecule is CNCc1ccc(OCc2cccc(O)c2)cc1. The van der Waals surface area contributed by atoms with Crippen molar-refractivity contribution in [1.29, 1.82) is 0 Å². The van der Waals surface area contributed by atoms with Gasteiger partial charge in [-0.15, -0.1) is 0 Å². The maximum absolute atomic E-state index is 9.34. The van der Waals surface area contributed by atoms with Crippen molar-refractivity contribution in [2.45, 2.75) is 13.2 Å². The normalized spacial score (nSPS) is 10.3. The summed E-state index contributed by atoms with van der Waals surface area (Å²) in [6.07, 6.45) is 0. The van der Waals surface area contributed by atoms with Crippen LogP contribution in [0.2, 0.25) is 0 Å². The zero-order chi connectivity index (χ0) is 12.8. The maximum Gasteiger partial charge on any atom is 0.119 e. The van der Waals surface area contributed by atoms with Crippen LogP contribution in [-0.2, 0) is 13.2 Å². The third-order valence-corrected chi connectivity index (χ3v) is 2.62. The summed E-state index contributed by atoms with van der Waals surface area (Å²) >= 11 is 0. The molecule has 0 bridgehead atoms. The van der Waals surface area contributed by atoms with Gasteiger partial charge in [-0.3, -0.25) is 0 Å². The fourth-order valence-corrected chi connectivity index (χ4v) is 1.72. The first-order valence-electron chi connectivity index (χ1n) is 5.92. The van der Waals surface area contributed by atoms with Crippen LogP contribution < -0.4 is 10.1 Å². The van der Waals surface area contributed by atoms with Gasteiger partial charge in [0.2, 0.25) is 0 Å². The summed E-state index contributed by atoms with van der Waals surface area (Å²) in [6, 6.07) is 15.1. The molecule has 2 rings (SSSR count). The molecule has 0 radical (unpaired) electrons. The molecular weight excluding hydrogens is 226 g/mol. The Labute approximate surface area is 107 Å². The summed E-state index contributed by atoms with van der Waals surface area (Å²) < 4.78 is 5.65. The summed E-state index contributed by atoms with van der Waals surface area (Å²) in [5.74, 6) is 1.10. The second-order valence-electron chi connectivity index (χ2n) is 4.13. The number of benzene rings is 2. The van der Waals surface area contributed by atoms with E-state index in [0.717, 1.165) is 17.9 Å². The fourth-order valence-electron chi connectivity index (χ4n) is 1.72. The van der Waals surface area contributed by atoms with Crippen molar-refractivity contribution in [3.63, 3.8) is 0 Å². The van der Waals surface area contributed by atoms with E-state index in [9.17, 15) is 5.11 Å². The molecule has 2 N–H and O–H groups in total. The third-order valence-electron chi connectivity index (χ3n) is 2.62. The number of ether oxygens (including phenoxy) is 1. The van der Waals surface area contributed by atoms with Crippen LogP contribution in [0.4, 0.5) is 0 Å². The highest BCUT2D eigenvalue weighted by Gasteiger charge is 1.98. The maximum atomic E-state index is 9.34. The molecule has 0 aliphatic carbocycles. The van der Waals surface area contributed by atoms with Crippen LogP contribution in [-0.4, -0.2) is 12.2 Å². The number of phenols is 1. The molecule has 0 saturated carbocycles. The van der Waals surface area contributed by atoms with Crippen molar-refractivity contribution in [2.75, 3.05) is 7.05 Å². The lowest BCUT2D eigenvalue weighted by Crippen LogP contribution is -2.04. The molecule has 0 aromatic heterocycles.